The molecule has 0 aliphatic carbocycles. The summed E-state index contributed by atoms with van der Waals surface area (Å²) in [5.41, 5.74) is 2.15. The highest BCUT2D eigenvalue weighted by Gasteiger charge is 2.05. The van der Waals surface area contributed by atoms with Gasteiger partial charge in [0.15, 0.2) is 9.84 Å². The zero-order chi connectivity index (χ0) is 13.9. The van der Waals surface area contributed by atoms with Crippen LogP contribution < -0.4 is 5.32 Å². The van der Waals surface area contributed by atoms with Gasteiger partial charge in [0.25, 0.3) is 0 Å². The summed E-state index contributed by atoms with van der Waals surface area (Å²) in [6, 6.07) is 10.8. The lowest BCUT2D eigenvalue weighted by molar-refractivity contribution is 0.602. The van der Waals surface area contributed by atoms with Crippen molar-refractivity contribution in [3.63, 3.8) is 0 Å². The molecule has 5 heteroatoms. The molecule has 19 heavy (non-hydrogen) atoms. The molecule has 2 aromatic rings. The minimum absolute atomic E-state index is 0.338. The van der Waals surface area contributed by atoms with E-state index in [-0.39, 0.29) is 0 Å². The fourth-order valence-corrected chi connectivity index (χ4v) is 2.31. The van der Waals surface area contributed by atoms with Gasteiger partial charge in [-0.2, -0.15) is 0 Å². The highest BCUT2D eigenvalue weighted by Crippen LogP contribution is 2.12. The number of aryl methyl sites for hydroxylation is 1. The van der Waals surface area contributed by atoms with Crippen LogP contribution >= 0.6 is 0 Å². The Kier molecular flexibility index (Phi) is 3.85. The Hall–Kier alpha value is -1.88. The van der Waals surface area contributed by atoms with Gasteiger partial charge in [0.1, 0.15) is 5.82 Å². The van der Waals surface area contributed by atoms with Crippen molar-refractivity contribution < 1.29 is 8.42 Å². The number of nitrogens with one attached hydrogen (secondary N) is 1. The van der Waals surface area contributed by atoms with Gasteiger partial charge < -0.3 is 5.32 Å². The number of sulfone groups is 1. The number of benzene rings is 1. The van der Waals surface area contributed by atoms with Crippen LogP contribution in [-0.2, 0) is 16.4 Å². The molecule has 0 fully saturated rings. The Balaban J connectivity index is 2.05. The Morgan fingerprint density at radius 2 is 1.84 bits per heavy atom. The SMILES string of the molecule is Cc1ccnc(NCc2ccc(S(C)(=O)=O)cc2)c1. The van der Waals surface area contributed by atoms with Gasteiger partial charge in [-0.1, -0.05) is 12.1 Å². The Bertz CT molecular complexity index is 664. The van der Waals surface area contributed by atoms with Gasteiger partial charge in [0, 0.05) is 19.0 Å². The van der Waals surface area contributed by atoms with E-state index in [1.807, 2.05) is 19.1 Å². The molecule has 0 bridgehead atoms. The molecule has 0 aliphatic rings. The first-order chi connectivity index (χ1) is 8.95. The first kappa shape index (κ1) is 13.5. The summed E-state index contributed by atoms with van der Waals surface area (Å²) in [5.74, 6) is 0.812. The zero-order valence-corrected chi connectivity index (χ0v) is 11.7. The lowest BCUT2D eigenvalue weighted by Gasteiger charge is -2.07. The predicted molar refractivity (Wildman–Crippen MR) is 75.9 cm³/mol. The van der Waals surface area contributed by atoms with Gasteiger partial charge in [0.05, 0.1) is 4.90 Å². The van der Waals surface area contributed by atoms with Crippen LogP contribution in [0.25, 0.3) is 0 Å². The minimum Gasteiger partial charge on any atom is -0.366 e. The summed E-state index contributed by atoms with van der Waals surface area (Å²) >= 11 is 0. The monoisotopic (exact) mass is 276 g/mol. The molecule has 0 aliphatic heterocycles. The highest BCUT2D eigenvalue weighted by atomic mass is 32.2. The number of hydrogen-bond acceptors (Lipinski definition) is 4. The molecule has 1 heterocycles. The summed E-state index contributed by atoms with van der Waals surface area (Å²) in [6.45, 7) is 2.62. The van der Waals surface area contributed by atoms with Crippen LogP contribution in [0, 0.1) is 6.92 Å². The van der Waals surface area contributed by atoms with Crippen molar-refractivity contribution in [1.29, 1.82) is 0 Å². The minimum atomic E-state index is -3.13. The number of aromatic nitrogens is 1. The fourth-order valence-electron chi connectivity index (χ4n) is 1.68. The Labute approximate surface area is 113 Å². The molecule has 0 saturated heterocycles. The summed E-state index contributed by atoms with van der Waals surface area (Å²) < 4.78 is 22.7. The Morgan fingerprint density at radius 3 is 2.42 bits per heavy atom. The number of pyridine rings is 1. The van der Waals surface area contributed by atoms with Gasteiger partial charge in [-0.15, -0.1) is 0 Å². The molecule has 0 saturated carbocycles. The van der Waals surface area contributed by atoms with Crippen LogP contribution in [0.5, 0.6) is 0 Å². The predicted octanol–water partition coefficient (Wildman–Crippen LogP) is 2.41. The maximum Gasteiger partial charge on any atom is 0.175 e. The van der Waals surface area contributed by atoms with E-state index in [0.717, 1.165) is 16.9 Å². The highest BCUT2D eigenvalue weighted by molar-refractivity contribution is 7.90. The van der Waals surface area contributed by atoms with E-state index in [4.69, 9.17) is 0 Å². The second-order valence-corrected chi connectivity index (χ2v) is 6.50. The zero-order valence-electron chi connectivity index (χ0n) is 10.9. The van der Waals surface area contributed by atoms with Crippen LogP contribution in [0.4, 0.5) is 5.82 Å². The molecule has 0 radical (unpaired) electrons. The number of nitrogens with zero attached hydrogens (tertiary/aromatic N) is 1. The molecule has 0 spiro atoms. The number of anilines is 1. The van der Waals surface area contributed by atoms with Gasteiger partial charge in [-0.3, -0.25) is 0 Å². The van der Waals surface area contributed by atoms with Crippen molar-refractivity contribution in [3.8, 4) is 0 Å². The molecule has 0 unspecified atom stereocenters. The smallest absolute Gasteiger partial charge is 0.175 e. The van der Waals surface area contributed by atoms with Gasteiger partial charge in [-0.05, 0) is 42.3 Å². The van der Waals surface area contributed by atoms with Crippen molar-refractivity contribution in [2.24, 2.45) is 0 Å². The third-order valence-corrected chi connectivity index (χ3v) is 3.87. The van der Waals surface area contributed by atoms with Gasteiger partial charge in [-0.25, -0.2) is 13.4 Å². The molecular formula is C14H16N2O2S. The Morgan fingerprint density at radius 1 is 1.16 bits per heavy atom. The van der Waals surface area contributed by atoms with Crippen molar-refractivity contribution in [2.75, 3.05) is 11.6 Å². The maximum atomic E-state index is 11.3. The molecular weight excluding hydrogens is 260 g/mol. The normalized spacial score (nSPS) is 11.3. The maximum absolute atomic E-state index is 11.3. The molecule has 4 nitrogen and oxygen atoms in total. The molecule has 1 N–H and O–H groups in total. The average Bonchev–Trinajstić information content (AvgIpc) is 2.36. The van der Waals surface area contributed by atoms with E-state index in [2.05, 4.69) is 10.3 Å². The van der Waals surface area contributed by atoms with E-state index in [9.17, 15) is 8.42 Å². The second-order valence-electron chi connectivity index (χ2n) is 4.49. The van der Waals surface area contributed by atoms with Crippen molar-refractivity contribution in [3.05, 3.63) is 53.7 Å². The third kappa shape index (κ3) is 3.79. The lowest BCUT2D eigenvalue weighted by atomic mass is 10.2. The molecule has 100 valence electrons. The van der Waals surface area contributed by atoms with Crippen LogP contribution in [0.1, 0.15) is 11.1 Å². The molecule has 0 atom stereocenters. The second kappa shape index (κ2) is 5.40. The standard InChI is InChI=1S/C14H16N2O2S/c1-11-7-8-15-14(9-11)16-10-12-3-5-13(6-4-12)19(2,17)18/h3-9H,10H2,1-2H3,(H,15,16). The molecule has 1 aromatic carbocycles. The third-order valence-electron chi connectivity index (χ3n) is 2.74. The van der Waals surface area contributed by atoms with Gasteiger partial charge in [0.2, 0.25) is 0 Å². The molecule has 1 aromatic heterocycles. The van der Waals surface area contributed by atoms with E-state index in [1.54, 1.807) is 30.5 Å². The van der Waals surface area contributed by atoms with Crippen LogP contribution in [0.15, 0.2) is 47.5 Å². The van der Waals surface area contributed by atoms with Crippen molar-refractivity contribution in [1.82, 2.24) is 4.98 Å². The van der Waals surface area contributed by atoms with E-state index >= 15 is 0 Å². The van der Waals surface area contributed by atoms with Gasteiger partial charge >= 0.3 is 0 Å². The van der Waals surface area contributed by atoms with E-state index < -0.39 is 9.84 Å². The fraction of sp³-hybridized carbons (Fsp3) is 0.214. The summed E-state index contributed by atoms with van der Waals surface area (Å²) in [7, 11) is -3.13. The number of hydrogen-bond donors (Lipinski definition) is 1. The number of rotatable bonds is 4. The van der Waals surface area contributed by atoms with E-state index in [0.29, 0.717) is 11.4 Å². The van der Waals surface area contributed by atoms with Crippen LogP contribution in [0.2, 0.25) is 0 Å². The average molecular weight is 276 g/mol. The van der Waals surface area contributed by atoms with Crippen molar-refractivity contribution >= 4 is 15.7 Å². The topological polar surface area (TPSA) is 59.1 Å². The summed E-state index contributed by atoms with van der Waals surface area (Å²) in [6.07, 6.45) is 2.96. The summed E-state index contributed by atoms with van der Waals surface area (Å²) in [5, 5.41) is 3.20. The first-order valence-corrected chi connectivity index (χ1v) is 7.80. The van der Waals surface area contributed by atoms with Crippen molar-refractivity contribution in [2.45, 2.75) is 18.4 Å². The lowest BCUT2D eigenvalue weighted by Crippen LogP contribution is -2.02. The molecule has 0 amide bonds. The largest absolute Gasteiger partial charge is 0.366 e. The first-order valence-electron chi connectivity index (χ1n) is 5.91. The molecule has 2 rings (SSSR count). The van der Waals surface area contributed by atoms with Crippen LogP contribution in [-0.4, -0.2) is 19.7 Å². The quantitative estimate of drug-likeness (QED) is 0.931. The van der Waals surface area contributed by atoms with Crippen LogP contribution in [0.3, 0.4) is 0 Å². The van der Waals surface area contributed by atoms with E-state index in [1.165, 1.54) is 6.26 Å². The summed E-state index contributed by atoms with van der Waals surface area (Å²) in [4.78, 5) is 4.54.